The highest BCUT2D eigenvalue weighted by molar-refractivity contribution is 5.70. The number of benzene rings is 2. The molecule has 1 aliphatic rings. The van der Waals surface area contributed by atoms with Crippen LogP contribution >= 0.6 is 0 Å². The van der Waals surface area contributed by atoms with Crippen LogP contribution in [0.3, 0.4) is 0 Å². The Balaban J connectivity index is 1.29. The molecule has 0 N–H and O–H groups in total. The van der Waals surface area contributed by atoms with E-state index in [1.807, 2.05) is 36.4 Å². The molecule has 4 heteroatoms. The van der Waals surface area contributed by atoms with Gasteiger partial charge >= 0.3 is 5.97 Å². The number of hydrogen-bond donors (Lipinski definition) is 0. The first-order valence-corrected chi connectivity index (χ1v) is 9.04. The number of aromatic nitrogens is 1. The Morgan fingerprint density at radius 3 is 2.69 bits per heavy atom. The van der Waals surface area contributed by atoms with Gasteiger partial charge in [0.2, 0.25) is 0 Å². The first-order valence-electron chi connectivity index (χ1n) is 9.04. The van der Waals surface area contributed by atoms with E-state index in [1.54, 1.807) is 6.20 Å². The normalized spacial score (nSPS) is 16.1. The lowest BCUT2D eigenvalue weighted by atomic mass is 9.90. The summed E-state index contributed by atoms with van der Waals surface area (Å²) in [6.45, 7) is 0. The summed E-state index contributed by atoms with van der Waals surface area (Å²) in [6, 6.07) is 18.2. The van der Waals surface area contributed by atoms with E-state index in [0.29, 0.717) is 12.3 Å². The molecule has 0 radical (unpaired) electrons. The van der Waals surface area contributed by atoms with Crippen LogP contribution in [0.1, 0.15) is 29.9 Å². The molecule has 0 amide bonds. The van der Waals surface area contributed by atoms with Crippen molar-refractivity contribution in [3.8, 4) is 11.3 Å². The average molecular weight is 347 g/mol. The highest BCUT2D eigenvalue weighted by Crippen LogP contribution is 2.24. The van der Waals surface area contributed by atoms with Crippen molar-refractivity contribution in [1.29, 1.82) is 0 Å². The van der Waals surface area contributed by atoms with Crippen molar-refractivity contribution in [3.05, 3.63) is 77.8 Å². The van der Waals surface area contributed by atoms with Crippen molar-refractivity contribution in [2.24, 2.45) is 0 Å². The number of esters is 1. The van der Waals surface area contributed by atoms with Crippen LogP contribution in [-0.4, -0.2) is 17.1 Å². The maximum atomic E-state index is 12.2. The predicted molar refractivity (Wildman–Crippen MR) is 98.6 cm³/mol. The van der Waals surface area contributed by atoms with E-state index in [-0.39, 0.29) is 18.5 Å². The summed E-state index contributed by atoms with van der Waals surface area (Å²) in [6.07, 6.45) is 5.07. The van der Waals surface area contributed by atoms with Crippen LogP contribution in [0.15, 0.2) is 65.2 Å². The molecule has 0 fully saturated rings. The average Bonchev–Trinajstić information content (AvgIpc) is 3.16. The summed E-state index contributed by atoms with van der Waals surface area (Å²) < 4.78 is 11.4. The lowest BCUT2D eigenvalue weighted by molar-refractivity contribution is -0.149. The van der Waals surface area contributed by atoms with Gasteiger partial charge in [-0.2, -0.15) is 0 Å². The van der Waals surface area contributed by atoms with E-state index in [2.05, 4.69) is 23.2 Å². The quantitative estimate of drug-likeness (QED) is 0.643. The SMILES string of the molecule is O=C(CCc1ncc(-c2ccccc2)o1)OC1CCc2ccccc2C1. The van der Waals surface area contributed by atoms with Crippen molar-refractivity contribution in [3.63, 3.8) is 0 Å². The first kappa shape index (κ1) is 16.6. The van der Waals surface area contributed by atoms with E-state index >= 15 is 0 Å². The predicted octanol–water partition coefficient (Wildman–Crippen LogP) is 4.37. The molecule has 1 heterocycles. The standard InChI is InChI=1S/C22H21NO3/c24-22(25-19-11-10-16-6-4-5-9-18(16)14-19)13-12-21-23-15-20(26-21)17-7-2-1-3-8-17/h1-9,15,19H,10-14H2. The smallest absolute Gasteiger partial charge is 0.306 e. The van der Waals surface area contributed by atoms with Gasteiger partial charge in [0.05, 0.1) is 12.6 Å². The number of fused-ring (bicyclic) bond motifs is 1. The zero-order chi connectivity index (χ0) is 17.8. The van der Waals surface area contributed by atoms with Crippen LogP contribution < -0.4 is 0 Å². The molecule has 1 aromatic heterocycles. The van der Waals surface area contributed by atoms with E-state index in [0.717, 1.165) is 30.6 Å². The minimum absolute atomic E-state index is 0.0261. The Morgan fingerprint density at radius 2 is 1.85 bits per heavy atom. The highest BCUT2D eigenvalue weighted by Gasteiger charge is 2.21. The van der Waals surface area contributed by atoms with Gasteiger partial charge in [-0.15, -0.1) is 0 Å². The summed E-state index contributed by atoms with van der Waals surface area (Å²) in [5.74, 6) is 1.10. The van der Waals surface area contributed by atoms with Crippen LogP contribution in [0.5, 0.6) is 0 Å². The molecule has 4 rings (SSSR count). The van der Waals surface area contributed by atoms with Gasteiger partial charge in [-0.05, 0) is 24.0 Å². The second-order valence-corrected chi connectivity index (χ2v) is 6.61. The summed E-state index contributed by atoms with van der Waals surface area (Å²) in [4.78, 5) is 16.4. The molecule has 2 aromatic carbocycles. The Kier molecular flexibility index (Phi) is 4.82. The molecule has 1 unspecified atom stereocenters. The maximum Gasteiger partial charge on any atom is 0.306 e. The van der Waals surface area contributed by atoms with Gasteiger partial charge in [0.15, 0.2) is 11.7 Å². The van der Waals surface area contributed by atoms with Gasteiger partial charge in [-0.3, -0.25) is 4.79 Å². The van der Waals surface area contributed by atoms with Crippen molar-refractivity contribution in [2.45, 2.75) is 38.2 Å². The third kappa shape index (κ3) is 3.85. The minimum Gasteiger partial charge on any atom is -0.462 e. The molecule has 1 atom stereocenters. The van der Waals surface area contributed by atoms with E-state index < -0.39 is 0 Å². The van der Waals surface area contributed by atoms with Crippen molar-refractivity contribution in [1.82, 2.24) is 4.98 Å². The number of nitrogens with zero attached hydrogens (tertiary/aromatic N) is 1. The maximum absolute atomic E-state index is 12.2. The van der Waals surface area contributed by atoms with Crippen LogP contribution in [0.25, 0.3) is 11.3 Å². The molecule has 26 heavy (non-hydrogen) atoms. The van der Waals surface area contributed by atoms with Crippen molar-refractivity contribution in [2.75, 3.05) is 0 Å². The molecule has 0 aliphatic heterocycles. The molecule has 0 saturated carbocycles. The Hall–Kier alpha value is -2.88. The largest absolute Gasteiger partial charge is 0.462 e. The summed E-state index contributed by atoms with van der Waals surface area (Å²) in [5, 5.41) is 0. The molecule has 0 bridgehead atoms. The molecule has 4 nitrogen and oxygen atoms in total. The zero-order valence-electron chi connectivity index (χ0n) is 14.6. The van der Waals surface area contributed by atoms with E-state index in [1.165, 1.54) is 11.1 Å². The fraction of sp³-hybridized carbons (Fsp3) is 0.273. The topological polar surface area (TPSA) is 52.3 Å². The molecular weight excluding hydrogens is 326 g/mol. The number of carbonyl (C=O) groups is 1. The van der Waals surface area contributed by atoms with Crippen molar-refractivity contribution < 1.29 is 13.9 Å². The summed E-state index contributed by atoms with van der Waals surface area (Å²) in [5.41, 5.74) is 3.64. The summed E-state index contributed by atoms with van der Waals surface area (Å²) in [7, 11) is 0. The lowest BCUT2D eigenvalue weighted by Gasteiger charge is -2.24. The number of ether oxygens (including phenoxy) is 1. The van der Waals surface area contributed by atoms with Gasteiger partial charge in [-0.25, -0.2) is 4.98 Å². The Morgan fingerprint density at radius 1 is 1.08 bits per heavy atom. The number of aryl methyl sites for hydroxylation is 2. The van der Waals surface area contributed by atoms with Gasteiger partial charge in [0.25, 0.3) is 0 Å². The third-order valence-electron chi connectivity index (χ3n) is 4.75. The number of hydrogen-bond acceptors (Lipinski definition) is 4. The van der Waals surface area contributed by atoms with Gasteiger partial charge in [0, 0.05) is 18.4 Å². The minimum atomic E-state index is -0.186. The molecule has 0 saturated heterocycles. The Labute approximate surface area is 152 Å². The van der Waals surface area contributed by atoms with Gasteiger partial charge in [-0.1, -0.05) is 54.6 Å². The monoisotopic (exact) mass is 347 g/mol. The van der Waals surface area contributed by atoms with Gasteiger partial charge < -0.3 is 9.15 Å². The van der Waals surface area contributed by atoms with E-state index in [9.17, 15) is 4.79 Å². The molecule has 3 aromatic rings. The summed E-state index contributed by atoms with van der Waals surface area (Å²) >= 11 is 0. The highest BCUT2D eigenvalue weighted by atomic mass is 16.5. The third-order valence-corrected chi connectivity index (χ3v) is 4.75. The zero-order valence-corrected chi connectivity index (χ0v) is 14.6. The number of carbonyl (C=O) groups excluding carboxylic acids is 1. The molecular formula is C22H21NO3. The Bertz CT molecular complexity index is 885. The van der Waals surface area contributed by atoms with Crippen LogP contribution in [0.2, 0.25) is 0 Å². The van der Waals surface area contributed by atoms with E-state index in [4.69, 9.17) is 9.15 Å². The fourth-order valence-electron chi connectivity index (χ4n) is 3.38. The second kappa shape index (κ2) is 7.56. The first-order chi connectivity index (χ1) is 12.8. The van der Waals surface area contributed by atoms with Crippen LogP contribution in [0.4, 0.5) is 0 Å². The lowest BCUT2D eigenvalue weighted by Crippen LogP contribution is -2.25. The molecule has 132 valence electrons. The number of rotatable bonds is 5. The molecule has 0 spiro atoms. The van der Waals surface area contributed by atoms with Crippen LogP contribution in [0, 0.1) is 0 Å². The number of oxazole rings is 1. The van der Waals surface area contributed by atoms with Crippen molar-refractivity contribution >= 4 is 5.97 Å². The fourth-order valence-corrected chi connectivity index (χ4v) is 3.38. The second-order valence-electron chi connectivity index (χ2n) is 6.61. The van der Waals surface area contributed by atoms with Crippen LogP contribution in [-0.2, 0) is 28.8 Å². The van der Waals surface area contributed by atoms with Gasteiger partial charge in [0.1, 0.15) is 6.10 Å². The molecule has 1 aliphatic carbocycles.